The maximum atomic E-state index is 12.4. The second kappa shape index (κ2) is 8.92. The van der Waals surface area contributed by atoms with Gasteiger partial charge in [0.2, 0.25) is 5.91 Å². The highest BCUT2D eigenvalue weighted by Crippen LogP contribution is 2.24. The number of hydrogen-bond donors (Lipinski definition) is 1. The first kappa shape index (κ1) is 20.6. The molecule has 29 heavy (non-hydrogen) atoms. The Morgan fingerprint density at radius 1 is 1.17 bits per heavy atom. The summed E-state index contributed by atoms with van der Waals surface area (Å²) in [6, 6.07) is 13.2. The zero-order valence-corrected chi connectivity index (χ0v) is 17.2. The zero-order chi connectivity index (χ0) is 21.0. The van der Waals surface area contributed by atoms with Crippen molar-refractivity contribution in [1.29, 1.82) is 0 Å². The van der Waals surface area contributed by atoms with Gasteiger partial charge in [-0.2, -0.15) is 0 Å². The van der Waals surface area contributed by atoms with Crippen LogP contribution in [0, 0.1) is 6.92 Å². The molecule has 0 aliphatic carbocycles. The van der Waals surface area contributed by atoms with E-state index in [9.17, 15) is 9.59 Å². The van der Waals surface area contributed by atoms with E-state index in [0.29, 0.717) is 23.3 Å². The SMILES string of the molecule is COc1ccc2c(C)c(CCC(=O)Nc3cccc(CN(C)C)c3)c(=O)oc2c1. The third kappa shape index (κ3) is 5.03. The fraction of sp³-hybridized carbons (Fsp3) is 0.304. The summed E-state index contributed by atoms with van der Waals surface area (Å²) in [4.78, 5) is 26.9. The summed E-state index contributed by atoms with van der Waals surface area (Å²) in [7, 11) is 5.56. The van der Waals surface area contributed by atoms with Crippen LogP contribution >= 0.6 is 0 Å². The number of ether oxygens (including phenoxy) is 1. The predicted octanol–water partition coefficient (Wildman–Crippen LogP) is 3.74. The summed E-state index contributed by atoms with van der Waals surface area (Å²) in [6.45, 7) is 2.68. The molecule has 0 saturated carbocycles. The number of fused-ring (bicyclic) bond motifs is 1. The van der Waals surface area contributed by atoms with Crippen LogP contribution in [0.2, 0.25) is 0 Å². The van der Waals surface area contributed by atoms with Crippen molar-refractivity contribution in [1.82, 2.24) is 4.90 Å². The quantitative estimate of drug-likeness (QED) is 0.618. The molecular weight excluding hydrogens is 368 g/mol. The van der Waals surface area contributed by atoms with Gasteiger partial charge in [0.15, 0.2) is 0 Å². The molecule has 2 aromatic carbocycles. The van der Waals surface area contributed by atoms with Gasteiger partial charge in [-0.15, -0.1) is 0 Å². The normalized spacial score (nSPS) is 11.1. The fourth-order valence-electron chi connectivity index (χ4n) is 3.37. The Bertz CT molecular complexity index is 1090. The van der Waals surface area contributed by atoms with Crippen LogP contribution < -0.4 is 15.7 Å². The number of methoxy groups -OCH3 is 1. The Hall–Kier alpha value is -3.12. The molecule has 0 unspecified atom stereocenters. The van der Waals surface area contributed by atoms with E-state index in [1.165, 1.54) is 0 Å². The van der Waals surface area contributed by atoms with E-state index in [-0.39, 0.29) is 12.3 Å². The second-order valence-electron chi connectivity index (χ2n) is 7.34. The lowest BCUT2D eigenvalue weighted by Crippen LogP contribution is -2.17. The third-order valence-electron chi connectivity index (χ3n) is 4.81. The minimum absolute atomic E-state index is 0.138. The van der Waals surface area contributed by atoms with Crippen molar-refractivity contribution >= 4 is 22.6 Å². The Balaban J connectivity index is 1.72. The van der Waals surface area contributed by atoms with Gasteiger partial charge in [-0.3, -0.25) is 4.79 Å². The summed E-state index contributed by atoms with van der Waals surface area (Å²) in [6.07, 6.45) is 0.518. The first-order valence-corrected chi connectivity index (χ1v) is 9.51. The van der Waals surface area contributed by atoms with Crippen molar-refractivity contribution < 1.29 is 13.9 Å². The monoisotopic (exact) mass is 394 g/mol. The van der Waals surface area contributed by atoms with Crippen LogP contribution in [0.15, 0.2) is 51.7 Å². The predicted molar refractivity (Wildman–Crippen MR) is 115 cm³/mol. The van der Waals surface area contributed by atoms with E-state index in [4.69, 9.17) is 9.15 Å². The number of carbonyl (C=O) groups excluding carboxylic acids is 1. The van der Waals surface area contributed by atoms with Crippen LogP contribution in [0.25, 0.3) is 11.0 Å². The number of rotatable bonds is 7. The molecular formula is C23H26N2O4. The minimum Gasteiger partial charge on any atom is -0.497 e. The molecule has 1 N–H and O–H groups in total. The summed E-state index contributed by atoms with van der Waals surface area (Å²) in [5.41, 5.74) is 3.30. The lowest BCUT2D eigenvalue weighted by Gasteiger charge is -2.12. The van der Waals surface area contributed by atoms with Gasteiger partial charge in [0, 0.05) is 35.7 Å². The van der Waals surface area contributed by atoms with Crippen molar-refractivity contribution in [3.05, 3.63) is 69.6 Å². The van der Waals surface area contributed by atoms with Crippen LogP contribution in [0.5, 0.6) is 5.75 Å². The summed E-state index contributed by atoms with van der Waals surface area (Å²) in [5, 5.41) is 3.75. The number of benzene rings is 2. The van der Waals surface area contributed by atoms with Gasteiger partial charge in [0.25, 0.3) is 0 Å². The number of carbonyl (C=O) groups is 1. The van der Waals surface area contributed by atoms with E-state index >= 15 is 0 Å². The molecule has 1 amide bonds. The van der Waals surface area contributed by atoms with Gasteiger partial charge in [-0.1, -0.05) is 12.1 Å². The number of nitrogens with zero attached hydrogens (tertiary/aromatic N) is 1. The number of hydrogen-bond acceptors (Lipinski definition) is 5. The Morgan fingerprint density at radius 2 is 1.97 bits per heavy atom. The average Bonchev–Trinajstić information content (AvgIpc) is 2.67. The Morgan fingerprint density at radius 3 is 2.69 bits per heavy atom. The van der Waals surface area contributed by atoms with Crippen molar-refractivity contribution in [2.75, 3.05) is 26.5 Å². The fourth-order valence-corrected chi connectivity index (χ4v) is 3.37. The number of anilines is 1. The molecule has 6 heteroatoms. The minimum atomic E-state index is -0.413. The summed E-state index contributed by atoms with van der Waals surface area (Å²) < 4.78 is 10.6. The van der Waals surface area contributed by atoms with Crippen molar-refractivity contribution in [2.24, 2.45) is 0 Å². The molecule has 6 nitrogen and oxygen atoms in total. The molecule has 0 aliphatic heterocycles. The molecule has 0 aliphatic rings. The Labute approximate surface area is 170 Å². The molecule has 0 saturated heterocycles. The molecule has 0 bridgehead atoms. The standard InChI is InChI=1S/C23H26N2O4/c1-15-19-9-8-18(28-4)13-21(19)29-23(27)20(15)10-11-22(26)24-17-7-5-6-16(12-17)14-25(2)3/h5-9,12-13H,10-11,14H2,1-4H3,(H,24,26). The highest BCUT2D eigenvalue weighted by molar-refractivity contribution is 5.91. The topological polar surface area (TPSA) is 71.8 Å². The van der Waals surface area contributed by atoms with Gasteiger partial charge in [-0.25, -0.2) is 4.79 Å². The van der Waals surface area contributed by atoms with Gasteiger partial charge in [-0.05, 0) is 62.8 Å². The van der Waals surface area contributed by atoms with Crippen LogP contribution in [-0.4, -0.2) is 32.0 Å². The lowest BCUT2D eigenvalue weighted by atomic mass is 10.0. The first-order chi connectivity index (χ1) is 13.9. The summed E-state index contributed by atoms with van der Waals surface area (Å²) in [5.74, 6) is 0.490. The van der Waals surface area contributed by atoms with E-state index in [2.05, 4.69) is 10.2 Å². The van der Waals surface area contributed by atoms with E-state index in [1.54, 1.807) is 13.2 Å². The molecule has 0 fully saturated rings. The summed E-state index contributed by atoms with van der Waals surface area (Å²) >= 11 is 0. The first-order valence-electron chi connectivity index (χ1n) is 9.51. The highest BCUT2D eigenvalue weighted by atomic mass is 16.5. The van der Waals surface area contributed by atoms with Gasteiger partial charge < -0.3 is 19.4 Å². The van der Waals surface area contributed by atoms with Gasteiger partial charge in [0.05, 0.1) is 7.11 Å². The van der Waals surface area contributed by atoms with Gasteiger partial charge in [0.1, 0.15) is 11.3 Å². The highest BCUT2D eigenvalue weighted by Gasteiger charge is 2.14. The van der Waals surface area contributed by atoms with Crippen LogP contribution in [0.3, 0.4) is 0 Å². The van der Waals surface area contributed by atoms with Crippen molar-refractivity contribution in [2.45, 2.75) is 26.3 Å². The molecule has 1 aromatic heterocycles. The maximum absolute atomic E-state index is 12.4. The molecule has 0 spiro atoms. The Kier molecular flexibility index (Phi) is 6.34. The molecule has 3 aromatic rings. The van der Waals surface area contributed by atoms with E-state index in [0.717, 1.165) is 28.7 Å². The van der Waals surface area contributed by atoms with Gasteiger partial charge >= 0.3 is 5.63 Å². The molecule has 0 radical (unpaired) electrons. The van der Waals surface area contributed by atoms with Crippen molar-refractivity contribution in [3.63, 3.8) is 0 Å². The lowest BCUT2D eigenvalue weighted by molar-refractivity contribution is -0.116. The molecule has 152 valence electrons. The average molecular weight is 394 g/mol. The molecule has 3 rings (SSSR count). The van der Waals surface area contributed by atoms with Crippen LogP contribution in [0.1, 0.15) is 23.1 Å². The second-order valence-corrected chi connectivity index (χ2v) is 7.34. The van der Waals surface area contributed by atoms with Crippen LogP contribution in [-0.2, 0) is 17.8 Å². The number of nitrogens with one attached hydrogen (secondary N) is 1. The smallest absolute Gasteiger partial charge is 0.339 e. The zero-order valence-electron chi connectivity index (χ0n) is 17.2. The number of aryl methyl sites for hydroxylation is 1. The number of amides is 1. The largest absolute Gasteiger partial charge is 0.497 e. The third-order valence-corrected chi connectivity index (χ3v) is 4.81. The van der Waals surface area contributed by atoms with E-state index in [1.807, 2.05) is 57.4 Å². The van der Waals surface area contributed by atoms with Crippen molar-refractivity contribution in [3.8, 4) is 5.75 Å². The molecule has 1 heterocycles. The van der Waals surface area contributed by atoms with Crippen LogP contribution in [0.4, 0.5) is 5.69 Å². The maximum Gasteiger partial charge on any atom is 0.339 e. The van der Waals surface area contributed by atoms with E-state index < -0.39 is 5.63 Å². The molecule has 0 atom stereocenters.